The smallest absolute Gasteiger partial charge is 0.209 e. The average Bonchev–Trinajstić information content (AvgIpc) is 2.87. The molecule has 0 amide bonds. The molecule has 2 atom stereocenters. The Morgan fingerprint density at radius 1 is 1.32 bits per heavy atom. The zero-order valence-corrected chi connectivity index (χ0v) is 12.8. The highest BCUT2D eigenvalue weighted by molar-refractivity contribution is 7.99. The third-order valence-corrected chi connectivity index (χ3v) is 5.30. The maximum Gasteiger partial charge on any atom is 0.209 e. The summed E-state index contributed by atoms with van der Waals surface area (Å²) in [6.07, 6.45) is 6.70. The molecule has 0 saturated heterocycles. The Kier molecular flexibility index (Phi) is 6.10. The van der Waals surface area contributed by atoms with E-state index in [1.165, 1.54) is 32.1 Å². The molecule has 2 rings (SSSR count). The lowest BCUT2D eigenvalue weighted by Gasteiger charge is -2.29. The molecule has 1 aromatic rings. The Hall–Kier alpha value is -0.620. The van der Waals surface area contributed by atoms with Crippen LogP contribution in [0.5, 0.6) is 0 Å². The van der Waals surface area contributed by atoms with Crippen molar-refractivity contribution in [3.05, 3.63) is 0 Å². The van der Waals surface area contributed by atoms with Crippen molar-refractivity contribution in [3.8, 4) is 0 Å². The number of thioether (sulfide) groups is 1. The number of nitrogens with zero attached hydrogens (tertiary/aromatic N) is 4. The third-order valence-electron chi connectivity index (χ3n) is 3.87. The second kappa shape index (κ2) is 7.85. The lowest BCUT2D eigenvalue weighted by Crippen LogP contribution is -2.23. The summed E-state index contributed by atoms with van der Waals surface area (Å²) in [6.45, 7) is 7.19. The summed E-state index contributed by atoms with van der Waals surface area (Å²) in [7, 11) is 0. The van der Waals surface area contributed by atoms with E-state index in [4.69, 9.17) is 0 Å². The number of hydrogen-bond acceptors (Lipinski definition) is 5. The first-order chi connectivity index (χ1) is 9.35. The van der Waals surface area contributed by atoms with Crippen LogP contribution in [0.3, 0.4) is 0 Å². The molecule has 0 radical (unpaired) electrons. The molecule has 1 aliphatic carbocycles. The fourth-order valence-corrected chi connectivity index (χ4v) is 4.12. The van der Waals surface area contributed by atoms with Crippen molar-refractivity contribution in [2.45, 2.75) is 62.9 Å². The van der Waals surface area contributed by atoms with Crippen molar-refractivity contribution in [2.75, 3.05) is 13.1 Å². The summed E-state index contributed by atoms with van der Waals surface area (Å²) < 4.78 is 1.94. The van der Waals surface area contributed by atoms with E-state index < -0.39 is 0 Å². The standard InChI is InChI=1S/C13H25N5S/c1-3-11-7-5-6-8-12(11)19-13-15-16-17-18(13)10-9-14-4-2/h11-12,14H,3-10H2,1-2H3. The van der Waals surface area contributed by atoms with Gasteiger partial charge < -0.3 is 5.32 Å². The summed E-state index contributed by atoms with van der Waals surface area (Å²) in [5.74, 6) is 0.831. The highest BCUT2D eigenvalue weighted by atomic mass is 32.2. The van der Waals surface area contributed by atoms with E-state index in [2.05, 4.69) is 34.7 Å². The van der Waals surface area contributed by atoms with Crippen molar-refractivity contribution < 1.29 is 0 Å². The van der Waals surface area contributed by atoms with Crippen LogP contribution in [0.25, 0.3) is 0 Å². The summed E-state index contributed by atoms with van der Waals surface area (Å²) in [5, 5.41) is 17.1. The molecule has 1 fully saturated rings. The molecule has 6 heteroatoms. The first-order valence-corrected chi connectivity index (χ1v) is 8.36. The Morgan fingerprint density at radius 3 is 2.95 bits per heavy atom. The van der Waals surface area contributed by atoms with Gasteiger partial charge in [0.15, 0.2) is 0 Å². The average molecular weight is 283 g/mol. The highest BCUT2D eigenvalue weighted by Crippen LogP contribution is 2.37. The molecule has 2 unspecified atom stereocenters. The van der Waals surface area contributed by atoms with Crippen LogP contribution in [0.2, 0.25) is 0 Å². The predicted octanol–water partition coefficient (Wildman–Crippen LogP) is 2.34. The first-order valence-electron chi connectivity index (χ1n) is 7.48. The van der Waals surface area contributed by atoms with Crippen molar-refractivity contribution in [1.82, 2.24) is 25.5 Å². The van der Waals surface area contributed by atoms with Gasteiger partial charge in [-0.05, 0) is 35.7 Å². The third kappa shape index (κ3) is 4.18. The van der Waals surface area contributed by atoms with Gasteiger partial charge >= 0.3 is 0 Å². The predicted molar refractivity (Wildman–Crippen MR) is 78.3 cm³/mol. The van der Waals surface area contributed by atoms with E-state index in [1.807, 2.05) is 16.4 Å². The molecule has 1 heterocycles. The molecule has 19 heavy (non-hydrogen) atoms. The van der Waals surface area contributed by atoms with E-state index in [0.29, 0.717) is 5.25 Å². The molecule has 1 N–H and O–H groups in total. The van der Waals surface area contributed by atoms with Gasteiger partial charge in [0, 0.05) is 11.8 Å². The summed E-state index contributed by atoms with van der Waals surface area (Å²) in [4.78, 5) is 0. The van der Waals surface area contributed by atoms with E-state index >= 15 is 0 Å². The summed E-state index contributed by atoms with van der Waals surface area (Å²) in [6, 6.07) is 0. The summed E-state index contributed by atoms with van der Waals surface area (Å²) in [5.41, 5.74) is 0. The van der Waals surface area contributed by atoms with Gasteiger partial charge in [-0.3, -0.25) is 0 Å². The molecule has 0 bridgehead atoms. The molecule has 0 aliphatic heterocycles. The topological polar surface area (TPSA) is 55.6 Å². The Morgan fingerprint density at radius 2 is 2.16 bits per heavy atom. The van der Waals surface area contributed by atoms with Crippen LogP contribution in [0.1, 0.15) is 46.0 Å². The van der Waals surface area contributed by atoms with Gasteiger partial charge in [-0.25, -0.2) is 4.68 Å². The molecule has 1 saturated carbocycles. The minimum Gasteiger partial charge on any atom is -0.315 e. The number of hydrogen-bond donors (Lipinski definition) is 1. The highest BCUT2D eigenvalue weighted by Gasteiger charge is 2.26. The van der Waals surface area contributed by atoms with E-state index in [1.54, 1.807) is 0 Å². The second-order valence-corrected chi connectivity index (χ2v) is 6.35. The van der Waals surface area contributed by atoms with Crippen molar-refractivity contribution in [1.29, 1.82) is 0 Å². The fraction of sp³-hybridized carbons (Fsp3) is 0.923. The normalized spacial score (nSPS) is 23.7. The largest absolute Gasteiger partial charge is 0.315 e. The first kappa shape index (κ1) is 14.8. The molecule has 108 valence electrons. The number of aromatic nitrogens is 4. The van der Waals surface area contributed by atoms with Crippen molar-refractivity contribution in [2.24, 2.45) is 5.92 Å². The zero-order chi connectivity index (χ0) is 13.5. The van der Waals surface area contributed by atoms with Gasteiger partial charge in [-0.1, -0.05) is 44.9 Å². The Labute approximate surface area is 119 Å². The molecular formula is C13H25N5S. The minimum atomic E-state index is 0.697. The molecule has 5 nitrogen and oxygen atoms in total. The van der Waals surface area contributed by atoms with Crippen LogP contribution in [0, 0.1) is 5.92 Å². The molecule has 0 aromatic carbocycles. The van der Waals surface area contributed by atoms with Gasteiger partial charge in [0.25, 0.3) is 0 Å². The minimum absolute atomic E-state index is 0.697. The Balaban J connectivity index is 1.92. The summed E-state index contributed by atoms with van der Waals surface area (Å²) >= 11 is 1.89. The van der Waals surface area contributed by atoms with E-state index in [-0.39, 0.29) is 0 Å². The maximum absolute atomic E-state index is 4.19. The number of nitrogens with one attached hydrogen (secondary N) is 1. The zero-order valence-electron chi connectivity index (χ0n) is 12.0. The van der Waals surface area contributed by atoms with Gasteiger partial charge in [0.05, 0.1) is 6.54 Å². The molecule has 0 spiro atoms. The van der Waals surface area contributed by atoms with Crippen molar-refractivity contribution in [3.63, 3.8) is 0 Å². The van der Waals surface area contributed by atoms with Gasteiger partial charge in [-0.15, -0.1) is 5.10 Å². The second-order valence-electron chi connectivity index (χ2n) is 5.15. The van der Waals surface area contributed by atoms with Crippen LogP contribution in [0.4, 0.5) is 0 Å². The van der Waals surface area contributed by atoms with E-state index in [9.17, 15) is 0 Å². The van der Waals surface area contributed by atoms with Crippen molar-refractivity contribution >= 4 is 11.8 Å². The molecule has 1 aliphatic rings. The maximum atomic E-state index is 4.19. The van der Waals surface area contributed by atoms with Crippen LogP contribution in [-0.4, -0.2) is 38.5 Å². The lowest BCUT2D eigenvalue weighted by atomic mass is 9.87. The van der Waals surface area contributed by atoms with Crippen LogP contribution in [0.15, 0.2) is 5.16 Å². The molecular weight excluding hydrogens is 258 g/mol. The Bertz CT molecular complexity index is 368. The van der Waals surface area contributed by atoms with Crippen LogP contribution >= 0.6 is 11.8 Å². The fourth-order valence-electron chi connectivity index (χ4n) is 2.71. The van der Waals surface area contributed by atoms with Gasteiger partial charge in [0.1, 0.15) is 0 Å². The number of rotatable bonds is 7. The van der Waals surface area contributed by atoms with Crippen LogP contribution in [-0.2, 0) is 6.54 Å². The number of tetrazole rings is 1. The monoisotopic (exact) mass is 283 g/mol. The quantitative estimate of drug-likeness (QED) is 0.778. The lowest BCUT2D eigenvalue weighted by molar-refractivity contribution is 0.360. The number of likely N-dealkylation sites (N-methyl/N-ethyl adjacent to an activating group) is 1. The van der Waals surface area contributed by atoms with Gasteiger partial charge in [-0.2, -0.15) is 0 Å². The molecule has 1 aromatic heterocycles. The van der Waals surface area contributed by atoms with E-state index in [0.717, 1.165) is 30.7 Å². The van der Waals surface area contributed by atoms with Crippen LogP contribution < -0.4 is 5.32 Å². The van der Waals surface area contributed by atoms with Gasteiger partial charge in [0.2, 0.25) is 5.16 Å². The SMILES string of the molecule is CCNCCn1nnnc1SC1CCCCC1CC.